The van der Waals surface area contributed by atoms with Crippen LogP contribution in [0.1, 0.15) is 19.7 Å². The fourth-order valence-corrected chi connectivity index (χ4v) is 1.81. The van der Waals surface area contributed by atoms with Crippen molar-refractivity contribution in [3.8, 4) is 11.6 Å². The quantitative estimate of drug-likeness (QED) is 0.340. The number of guanidine groups is 1. The van der Waals surface area contributed by atoms with Gasteiger partial charge >= 0.3 is 0 Å². The number of rotatable bonds is 7. The maximum Gasteiger partial charge on any atom is 0.216 e. The van der Waals surface area contributed by atoms with Gasteiger partial charge in [-0.05, 0) is 26.0 Å². The van der Waals surface area contributed by atoms with Crippen LogP contribution in [-0.4, -0.2) is 54.0 Å². The molecule has 0 spiro atoms. The van der Waals surface area contributed by atoms with Gasteiger partial charge in [0.15, 0.2) is 11.7 Å². The number of nitrogens with one attached hydrogen (secondary N) is 3. The van der Waals surface area contributed by atoms with Crippen LogP contribution in [0.4, 0.5) is 0 Å². The molecule has 0 aromatic carbocycles. The van der Waals surface area contributed by atoms with Crippen molar-refractivity contribution in [3.05, 3.63) is 24.2 Å². The molecule has 0 aliphatic heterocycles. The van der Waals surface area contributed by atoms with Crippen LogP contribution in [0.25, 0.3) is 11.6 Å². The van der Waals surface area contributed by atoms with Crippen LogP contribution < -0.4 is 10.6 Å². The average molecular weight is 448 g/mol. The predicted molar refractivity (Wildman–Crippen MR) is 104 cm³/mol. The number of hydrogen-bond donors (Lipinski definition) is 3. The maximum atomic E-state index is 5.37. The summed E-state index contributed by atoms with van der Waals surface area (Å²) in [5.74, 6) is 2.73. The van der Waals surface area contributed by atoms with Crippen molar-refractivity contribution in [1.29, 1.82) is 0 Å². The van der Waals surface area contributed by atoms with Gasteiger partial charge in [0.05, 0.1) is 11.9 Å². The number of furan rings is 1. The summed E-state index contributed by atoms with van der Waals surface area (Å²) in [6.07, 6.45) is 2.30. The highest BCUT2D eigenvalue weighted by molar-refractivity contribution is 14.0. The van der Waals surface area contributed by atoms with E-state index >= 15 is 0 Å². The third-order valence-electron chi connectivity index (χ3n) is 3.39. The highest BCUT2D eigenvalue weighted by Crippen LogP contribution is 2.14. The number of aromatic nitrogens is 3. The zero-order chi connectivity index (χ0) is 16.7. The van der Waals surface area contributed by atoms with Gasteiger partial charge < -0.3 is 19.8 Å². The zero-order valence-electron chi connectivity index (χ0n) is 14.4. The van der Waals surface area contributed by atoms with E-state index in [0.29, 0.717) is 31.1 Å². The van der Waals surface area contributed by atoms with E-state index < -0.39 is 0 Å². The molecule has 2 aromatic heterocycles. The molecule has 0 atom stereocenters. The summed E-state index contributed by atoms with van der Waals surface area (Å²) >= 11 is 0. The van der Waals surface area contributed by atoms with Crippen LogP contribution in [-0.2, 0) is 11.2 Å². The molecule has 134 valence electrons. The molecule has 0 fully saturated rings. The minimum absolute atomic E-state index is 0. The number of H-pyrrole nitrogens is 1. The van der Waals surface area contributed by atoms with Crippen LogP contribution in [0.15, 0.2) is 27.8 Å². The molecule has 0 unspecified atom stereocenters. The summed E-state index contributed by atoms with van der Waals surface area (Å²) in [5, 5.41) is 13.5. The van der Waals surface area contributed by atoms with Crippen molar-refractivity contribution in [3.63, 3.8) is 0 Å². The first-order chi connectivity index (χ1) is 11.0. The first kappa shape index (κ1) is 20.4. The molecule has 0 radical (unpaired) electrons. The molecule has 24 heavy (non-hydrogen) atoms. The SMILES string of the molecule is CN=C(NCCc1nc(-c2ccco2)n[nH]1)NCC(C)(C)OC.I. The minimum atomic E-state index is -0.250. The van der Waals surface area contributed by atoms with Gasteiger partial charge in [-0.3, -0.25) is 10.1 Å². The Balaban J connectivity index is 0.00000288. The maximum absolute atomic E-state index is 5.37. The second-order valence-corrected chi connectivity index (χ2v) is 5.65. The molecule has 0 saturated heterocycles. The van der Waals surface area contributed by atoms with E-state index in [1.165, 1.54) is 0 Å². The largest absolute Gasteiger partial charge is 0.461 e. The minimum Gasteiger partial charge on any atom is -0.461 e. The predicted octanol–water partition coefficient (Wildman–Crippen LogP) is 1.82. The van der Waals surface area contributed by atoms with Gasteiger partial charge in [0, 0.05) is 33.7 Å². The number of hydrogen-bond acceptors (Lipinski definition) is 5. The number of nitrogens with zero attached hydrogens (tertiary/aromatic N) is 3. The molecule has 0 aliphatic rings. The van der Waals surface area contributed by atoms with Crippen molar-refractivity contribution in [2.75, 3.05) is 27.2 Å². The van der Waals surface area contributed by atoms with E-state index in [1.807, 2.05) is 26.0 Å². The highest BCUT2D eigenvalue weighted by atomic mass is 127. The van der Waals surface area contributed by atoms with Crippen molar-refractivity contribution < 1.29 is 9.15 Å². The van der Waals surface area contributed by atoms with Gasteiger partial charge in [-0.15, -0.1) is 24.0 Å². The van der Waals surface area contributed by atoms with Crippen molar-refractivity contribution >= 4 is 29.9 Å². The van der Waals surface area contributed by atoms with Crippen molar-refractivity contribution in [2.24, 2.45) is 4.99 Å². The Morgan fingerprint density at radius 3 is 2.83 bits per heavy atom. The fraction of sp³-hybridized carbons (Fsp3) is 0.533. The lowest BCUT2D eigenvalue weighted by molar-refractivity contribution is 0.0268. The summed E-state index contributed by atoms with van der Waals surface area (Å²) < 4.78 is 10.6. The molecule has 2 rings (SSSR count). The van der Waals surface area contributed by atoms with Gasteiger partial charge in [-0.2, -0.15) is 5.10 Å². The number of aromatic amines is 1. The molecule has 0 aliphatic carbocycles. The van der Waals surface area contributed by atoms with Crippen LogP contribution in [0.5, 0.6) is 0 Å². The first-order valence-corrected chi connectivity index (χ1v) is 7.49. The first-order valence-electron chi connectivity index (χ1n) is 7.49. The summed E-state index contributed by atoms with van der Waals surface area (Å²) in [7, 11) is 3.43. The molecule has 0 saturated carbocycles. The van der Waals surface area contributed by atoms with E-state index in [9.17, 15) is 0 Å². The molecule has 2 heterocycles. The zero-order valence-corrected chi connectivity index (χ0v) is 16.8. The van der Waals surface area contributed by atoms with Crippen molar-refractivity contribution in [1.82, 2.24) is 25.8 Å². The van der Waals surface area contributed by atoms with E-state index in [4.69, 9.17) is 9.15 Å². The topological polar surface area (TPSA) is 100 Å². The Labute approximate surface area is 158 Å². The fourth-order valence-electron chi connectivity index (χ4n) is 1.81. The van der Waals surface area contributed by atoms with Gasteiger partial charge in [0.1, 0.15) is 5.82 Å². The molecule has 9 heteroatoms. The van der Waals surface area contributed by atoms with Crippen LogP contribution in [0.2, 0.25) is 0 Å². The monoisotopic (exact) mass is 448 g/mol. The Bertz CT molecular complexity index is 624. The van der Waals surface area contributed by atoms with Crippen LogP contribution >= 0.6 is 24.0 Å². The van der Waals surface area contributed by atoms with E-state index in [2.05, 4.69) is 30.8 Å². The van der Waals surface area contributed by atoms with Gasteiger partial charge in [0.2, 0.25) is 5.82 Å². The third kappa shape index (κ3) is 6.11. The number of halogens is 1. The summed E-state index contributed by atoms with van der Waals surface area (Å²) in [5.41, 5.74) is -0.250. The Kier molecular flexibility index (Phi) is 8.19. The molecule has 0 bridgehead atoms. The Hall–Kier alpha value is -1.62. The number of ether oxygens (including phenoxy) is 1. The summed E-state index contributed by atoms with van der Waals surface area (Å²) in [6, 6.07) is 3.64. The molecular weight excluding hydrogens is 423 g/mol. The van der Waals surface area contributed by atoms with Crippen LogP contribution in [0, 0.1) is 0 Å². The number of methoxy groups -OCH3 is 1. The summed E-state index contributed by atoms with van der Waals surface area (Å²) in [4.78, 5) is 8.57. The van der Waals surface area contributed by atoms with Gasteiger partial charge in [-0.1, -0.05) is 0 Å². The van der Waals surface area contributed by atoms with Gasteiger partial charge in [-0.25, -0.2) is 4.98 Å². The second-order valence-electron chi connectivity index (χ2n) is 5.65. The molecule has 3 N–H and O–H groups in total. The molecule has 8 nitrogen and oxygen atoms in total. The molecular formula is C15H25IN6O2. The summed E-state index contributed by atoms with van der Waals surface area (Å²) in [6.45, 7) is 5.36. The third-order valence-corrected chi connectivity index (χ3v) is 3.39. The Morgan fingerprint density at radius 2 is 2.21 bits per heavy atom. The molecule has 2 aromatic rings. The van der Waals surface area contributed by atoms with Crippen molar-refractivity contribution in [2.45, 2.75) is 25.9 Å². The second kappa shape index (κ2) is 9.62. The van der Waals surface area contributed by atoms with Gasteiger partial charge in [0.25, 0.3) is 0 Å². The van der Waals surface area contributed by atoms with E-state index in [1.54, 1.807) is 20.4 Å². The highest BCUT2D eigenvalue weighted by Gasteiger charge is 2.16. The smallest absolute Gasteiger partial charge is 0.216 e. The molecule has 0 amide bonds. The standard InChI is InChI=1S/C15H24N6O2.HI/c1-15(2,22-4)10-18-14(16-3)17-8-7-12-19-13(21-20-12)11-6-5-9-23-11;/h5-6,9H,7-8,10H2,1-4H3,(H2,16,17,18)(H,19,20,21);1H. The Morgan fingerprint density at radius 1 is 1.42 bits per heavy atom. The lowest BCUT2D eigenvalue weighted by atomic mass is 10.1. The van der Waals surface area contributed by atoms with E-state index in [0.717, 1.165) is 11.8 Å². The number of aliphatic imine (C=N–C) groups is 1. The normalized spacial score (nSPS) is 11.9. The van der Waals surface area contributed by atoms with Crippen LogP contribution in [0.3, 0.4) is 0 Å². The lowest BCUT2D eigenvalue weighted by Gasteiger charge is -2.24. The van der Waals surface area contributed by atoms with E-state index in [-0.39, 0.29) is 29.6 Å². The average Bonchev–Trinajstić information content (AvgIpc) is 3.21. The lowest BCUT2D eigenvalue weighted by Crippen LogP contribution is -2.45.